The number of nitrogens with zero attached hydrogens (tertiary/aromatic N) is 3. The number of amides is 1. The number of ether oxygens (including phenoxy) is 3. The van der Waals surface area contributed by atoms with E-state index in [2.05, 4.69) is 29.1 Å². The number of piperidine rings is 2. The highest BCUT2D eigenvalue weighted by molar-refractivity contribution is 5.85. The van der Waals surface area contributed by atoms with E-state index in [1.165, 1.54) is 0 Å². The van der Waals surface area contributed by atoms with E-state index in [9.17, 15) is 4.79 Å². The minimum atomic E-state index is -0.456. The van der Waals surface area contributed by atoms with E-state index in [0.29, 0.717) is 19.0 Å². The summed E-state index contributed by atoms with van der Waals surface area (Å²) in [6, 6.07) is 11.4. The van der Waals surface area contributed by atoms with Crippen molar-refractivity contribution < 1.29 is 24.1 Å². The van der Waals surface area contributed by atoms with Gasteiger partial charge in [0.1, 0.15) is 16.8 Å². The molecular weight excluding hydrogens is 520 g/mol. The molecule has 10 heteroatoms. The normalized spacial score (nSPS) is 17.3. The molecular formula is C29H49ClN4O5. The molecule has 4 heterocycles. The zero-order valence-corrected chi connectivity index (χ0v) is 24.4. The number of pyridine rings is 2. The third-order valence-corrected chi connectivity index (χ3v) is 6.11. The quantitative estimate of drug-likeness (QED) is 0.496. The lowest BCUT2D eigenvalue weighted by Crippen LogP contribution is -2.49. The molecule has 2 aromatic rings. The Bertz CT molecular complexity index is 914. The van der Waals surface area contributed by atoms with Gasteiger partial charge in [-0.05, 0) is 72.7 Å². The van der Waals surface area contributed by atoms with E-state index < -0.39 is 5.60 Å². The van der Waals surface area contributed by atoms with Crippen LogP contribution in [0.2, 0.25) is 0 Å². The van der Waals surface area contributed by atoms with Gasteiger partial charge in [-0.25, -0.2) is 14.8 Å². The van der Waals surface area contributed by atoms with Gasteiger partial charge in [0.05, 0.1) is 0 Å². The second-order valence-electron chi connectivity index (χ2n) is 10.7. The van der Waals surface area contributed by atoms with E-state index in [-0.39, 0.29) is 37.1 Å². The van der Waals surface area contributed by atoms with Gasteiger partial charge >= 0.3 is 6.09 Å². The number of aliphatic hydroxyl groups excluding tert-OH is 1. The van der Waals surface area contributed by atoms with E-state index >= 15 is 0 Å². The highest BCUT2D eigenvalue weighted by Gasteiger charge is 2.35. The standard InChI is InChI=1S/C16H24N2O3.C11H16N2O.CH4O.CH4.ClH/c1-15(2,3)21-14(19)18-11-8-16(4,9-12-18)20-13-7-5-6-10-17-13;1-11(5-8-12-9-6-11)14-10-4-2-3-7-13-10;1-2;;/h5-7,10H,8-9,11-12H2,1-4H3;2-4,7,12H,5-6,8-9H2,1H3;2H,1H3;1H4;1H. The van der Waals surface area contributed by atoms with Crippen molar-refractivity contribution >= 4 is 18.5 Å². The van der Waals surface area contributed by atoms with Gasteiger partial charge in [0, 0.05) is 57.6 Å². The van der Waals surface area contributed by atoms with Gasteiger partial charge in [0.25, 0.3) is 0 Å². The third kappa shape index (κ3) is 13.3. The Kier molecular flexibility index (Phi) is 16.0. The molecule has 0 saturated carbocycles. The van der Waals surface area contributed by atoms with Crippen LogP contribution in [-0.4, -0.2) is 76.2 Å². The maximum atomic E-state index is 12.0. The zero-order chi connectivity index (χ0) is 27.4. The van der Waals surface area contributed by atoms with Crippen LogP contribution in [0.25, 0.3) is 0 Å². The number of nitrogens with one attached hydrogen (secondary N) is 1. The first kappa shape index (κ1) is 36.4. The molecule has 2 N–H and O–H groups in total. The van der Waals surface area contributed by atoms with Crippen LogP contribution in [-0.2, 0) is 4.74 Å². The number of rotatable bonds is 4. The number of hydrogen-bond donors (Lipinski definition) is 2. The highest BCUT2D eigenvalue weighted by atomic mass is 35.5. The van der Waals surface area contributed by atoms with Gasteiger partial charge in [-0.2, -0.15) is 0 Å². The summed E-state index contributed by atoms with van der Waals surface area (Å²) in [4.78, 5) is 22.1. The number of hydrogen-bond acceptors (Lipinski definition) is 8. The average Bonchev–Trinajstić information content (AvgIpc) is 2.86. The SMILES string of the molecule is C.CC(C)(C)OC(=O)N1CCC(C)(Oc2ccccn2)CC1.CC1(Oc2ccccn2)CCNCC1.CO.Cl. The molecule has 0 aromatic carbocycles. The Hall–Kier alpha value is -2.62. The van der Waals surface area contributed by atoms with Crippen LogP contribution in [0, 0.1) is 0 Å². The highest BCUT2D eigenvalue weighted by Crippen LogP contribution is 2.28. The van der Waals surface area contributed by atoms with Gasteiger partial charge in [-0.3, -0.25) is 0 Å². The molecule has 4 rings (SSSR count). The van der Waals surface area contributed by atoms with E-state index in [4.69, 9.17) is 19.3 Å². The number of aromatic nitrogens is 2. The molecule has 0 unspecified atom stereocenters. The fourth-order valence-corrected chi connectivity index (χ4v) is 3.97. The molecule has 0 bridgehead atoms. The molecule has 2 saturated heterocycles. The molecule has 222 valence electrons. The first-order chi connectivity index (χ1) is 17.6. The molecule has 0 spiro atoms. The van der Waals surface area contributed by atoms with Crippen molar-refractivity contribution in [2.75, 3.05) is 33.3 Å². The number of halogens is 1. The summed E-state index contributed by atoms with van der Waals surface area (Å²) < 4.78 is 17.3. The third-order valence-electron chi connectivity index (χ3n) is 6.11. The fourth-order valence-electron chi connectivity index (χ4n) is 3.97. The lowest BCUT2D eigenvalue weighted by atomic mass is 9.93. The minimum absolute atomic E-state index is 0. The summed E-state index contributed by atoms with van der Waals surface area (Å²) in [6.07, 6.45) is 6.86. The summed E-state index contributed by atoms with van der Waals surface area (Å²) >= 11 is 0. The number of aliphatic hydroxyl groups is 1. The molecule has 1 amide bonds. The van der Waals surface area contributed by atoms with Crippen LogP contribution in [0.5, 0.6) is 11.8 Å². The maximum Gasteiger partial charge on any atom is 0.410 e. The Morgan fingerprint density at radius 2 is 1.31 bits per heavy atom. The van der Waals surface area contributed by atoms with Crippen molar-refractivity contribution in [1.29, 1.82) is 0 Å². The Morgan fingerprint density at radius 3 is 1.69 bits per heavy atom. The van der Waals surface area contributed by atoms with Crippen molar-refractivity contribution in [3.8, 4) is 11.8 Å². The van der Waals surface area contributed by atoms with Crippen LogP contribution in [0.1, 0.15) is 67.7 Å². The Labute approximate surface area is 241 Å². The maximum absolute atomic E-state index is 12.0. The van der Waals surface area contributed by atoms with Crippen molar-refractivity contribution in [2.24, 2.45) is 0 Å². The number of carbonyl (C=O) groups is 1. The molecule has 0 radical (unpaired) electrons. The summed E-state index contributed by atoms with van der Waals surface area (Å²) in [5.41, 5.74) is -0.783. The number of likely N-dealkylation sites (tertiary alicyclic amines) is 1. The predicted molar refractivity (Wildman–Crippen MR) is 158 cm³/mol. The topological polar surface area (TPSA) is 106 Å². The molecule has 39 heavy (non-hydrogen) atoms. The Morgan fingerprint density at radius 1 is 0.872 bits per heavy atom. The summed E-state index contributed by atoms with van der Waals surface area (Å²) in [6.45, 7) is 13.2. The largest absolute Gasteiger partial charge is 0.471 e. The van der Waals surface area contributed by atoms with Crippen molar-refractivity contribution in [2.45, 2.75) is 84.5 Å². The van der Waals surface area contributed by atoms with Gasteiger partial charge in [-0.1, -0.05) is 19.6 Å². The second-order valence-corrected chi connectivity index (χ2v) is 10.7. The molecule has 0 atom stereocenters. The van der Waals surface area contributed by atoms with Gasteiger partial charge in [-0.15, -0.1) is 12.4 Å². The summed E-state index contributed by atoms with van der Waals surface area (Å²) in [7, 11) is 1.00. The first-order valence-corrected chi connectivity index (χ1v) is 12.9. The second kappa shape index (κ2) is 17.2. The lowest BCUT2D eigenvalue weighted by molar-refractivity contribution is -0.0113. The van der Waals surface area contributed by atoms with Crippen LogP contribution in [0.4, 0.5) is 4.79 Å². The van der Waals surface area contributed by atoms with Gasteiger partial charge in [0.15, 0.2) is 0 Å². The van der Waals surface area contributed by atoms with E-state index in [1.54, 1.807) is 17.3 Å². The summed E-state index contributed by atoms with van der Waals surface area (Å²) in [5.74, 6) is 1.36. The van der Waals surface area contributed by atoms with Crippen LogP contribution in [0.15, 0.2) is 48.8 Å². The monoisotopic (exact) mass is 568 g/mol. The Balaban J connectivity index is 0.000000703. The average molecular weight is 569 g/mol. The number of carbonyl (C=O) groups excluding carboxylic acids is 1. The van der Waals surface area contributed by atoms with Crippen molar-refractivity contribution in [3.63, 3.8) is 0 Å². The van der Waals surface area contributed by atoms with Crippen LogP contribution < -0.4 is 14.8 Å². The van der Waals surface area contributed by atoms with Crippen LogP contribution in [0.3, 0.4) is 0 Å². The first-order valence-electron chi connectivity index (χ1n) is 12.9. The molecule has 0 aliphatic carbocycles. The molecule has 2 aromatic heterocycles. The predicted octanol–water partition coefficient (Wildman–Crippen LogP) is 5.52. The van der Waals surface area contributed by atoms with Crippen molar-refractivity contribution in [1.82, 2.24) is 20.2 Å². The molecule has 2 aliphatic rings. The van der Waals surface area contributed by atoms with Crippen LogP contribution >= 0.6 is 12.4 Å². The molecule has 2 aliphatic heterocycles. The molecule has 9 nitrogen and oxygen atoms in total. The van der Waals surface area contributed by atoms with Gasteiger partial charge in [0.2, 0.25) is 11.8 Å². The zero-order valence-electron chi connectivity index (χ0n) is 23.6. The summed E-state index contributed by atoms with van der Waals surface area (Å²) in [5, 5.41) is 10.3. The minimum Gasteiger partial charge on any atom is -0.471 e. The fraction of sp³-hybridized carbons (Fsp3) is 0.621. The smallest absolute Gasteiger partial charge is 0.410 e. The molecule has 2 fully saturated rings. The van der Waals surface area contributed by atoms with Gasteiger partial charge < -0.3 is 29.5 Å². The van der Waals surface area contributed by atoms with Crippen molar-refractivity contribution in [3.05, 3.63) is 48.8 Å². The van der Waals surface area contributed by atoms with E-state index in [1.807, 2.05) is 57.2 Å². The lowest BCUT2D eigenvalue weighted by Gasteiger charge is -2.39. The van der Waals surface area contributed by atoms with E-state index in [0.717, 1.165) is 51.8 Å².